The number of ether oxygens (including phenoxy) is 1. The van der Waals surface area contributed by atoms with E-state index in [1.165, 1.54) is 11.3 Å². The van der Waals surface area contributed by atoms with Crippen molar-refractivity contribution in [1.82, 2.24) is 10.4 Å². The minimum absolute atomic E-state index is 0.0664. The number of nitrogens with one attached hydrogen (secondary N) is 1. The lowest BCUT2D eigenvalue weighted by molar-refractivity contribution is -0.148. The molecule has 1 atom stereocenters. The Bertz CT molecular complexity index is 1030. The molecule has 0 spiro atoms. The van der Waals surface area contributed by atoms with Crippen LogP contribution in [0, 0.1) is 0 Å². The van der Waals surface area contributed by atoms with E-state index in [0.29, 0.717) is 22.9 Å². The SMILES string of the molecule is O=C1CCC(C(=O)OCC(=O)N2N=C(c3ccc(Cl)cc3)C[C@@H]2c2ccco2)=NN1. The Kier molecular flexibility index (Phi) is 5.62. The maximum absolute atomic E-state index is 12.8. The van der Waals surface area contributed by atoms with Crippen LogP contribution in [0.1, 0.15) is 36.6 Å². The Morgan fingerprint density at radius 1 is 1.23 bits per heavy atom. The number of rotatable bonds is 5. The summed E-state index contributed by atoms with van der Waals surface area (Å²) in [5.41, 5.74) is 3.80. The zero-order chi connectivity index (χ0) is 21.1. The number of nitrogens with zero attached hydrogens (tertiary/aromatic N) is 3. The standard InChI is InChI=1S/C20H17ClN4O5/c21-13-5-3-12(4-6-13)15-10-16(17-2-1-9-29-17)25(24-15)19(27)11-30-20(28)14-7-8-18(26)23-22-14/h1-6,9,16H,7-8,10-11H2,(H,23,26)/t16-/m1/s1. The second-order valence-electron chi connectivity index (χ2n) is 6.70. The quantitative estimate of drug-likeness (QED) is 0.734. The zero-order valence-corrected chi connectivity index (χ0v) is 16.5. The largest absolute Gasteiger partial charge is 0.467 e. The van der Waals surface area contributed by atoms with Crippen LogP contribution in [0.5, 0.6) is 0 Å². The molecule has 10 heteroatoms. The van der Waals surface area contributed by atoms with Gasteiger partial charge >= 0.3 is 5.97 Å². The maximum atomic E-state index is 12.8. The van der Waals surface area contributed by atoms with E-state index in [1.54, 1.807) is 24.3 Å². The van der Waals surface area contributed by atoms with Crippen molar-refractivity contribution in [2.45, 2.75) is 25.3 Å². The van der Waals surface area contributed by atoms with Crippen molar-refractivity contribution in [2.75, 3.05) is 6.61 Å². The van der Waals surface area contributed by atoms with Gasteiger partial charge in [0.2, 0.25) is 5.91 Å². The summed E-state index contributed by atoms with van der Waals surface area (Å²) >= 11 is 5.95. The molecule has 0 unspecified atom stereocenters. The van der Waals surface area contributed by atoms with Crippen LogP contribution in [0.3, 0.4) is 0 Å². The summed E-state index contributed by atoms with van der Waals surface area (Å²) in [6.45, 7) is -0.513. The molecular formula is C20H17ClN4O5. The van der Waals surface area contributed by atoms with Crippen molar-refractivity contribution in [3.8, 4) is 0 Å². The van der Waals surface area contributed by atoms with Crippen LogP contribution < -0.4 is 5.43 Å². The minimum atomic E-state index is -0.751. The summed E-state index contributed by atoms with van der Waals surface area (Å²) in [7, 11) is 0. The van der Waals surface area contributed by atoms with Crippen LogP contribution >= 0.6 is 11.6 Å². The summed E-state index contributed by atoms with van der Waals surface area (Å²) < 4.78 is 10.6. The molecule has 2 aliphatic heterocycles. The first kappa shape index (κ1) is 19.8. The molecule has 0 radical (unpaired) electrons. The van der Waals surface area contributed by atoms with E-state index in [2.05, 4.69) is 15.6 Å². The number of hydrazone groups is 2. The molecule has 3 heterocycles. The summed E-state index contributed by atoms with van der Waals surface area (Å²) in [5, 5.41) is 9.97. The second kappa shape index (κ2) is 8.50. The molecule has 30 heavy (non-hydrogen) atoms. The third-order valence-electron chi connectivity index (χ3n) is 4.68. The molecule has 1 N–H and O–H groups in total. The highest BCUT2D eigenvalue weighted by molar-refractivity contribution is 6.37. The molecule has 4 rings (SSSR count). The average molecular weight is 429 g/mol. The molecule has 0 saturated carbocycles. The van der Waals surface area contributed by atoms with E-state index in [4.69, 9.17) is 20.8 Å². The van der Waals surface area contributed by atoms with Crippen LogP contribution in [0.15, 0.2) is 57.3 Å². The third kappa shape index (κ3) is 4.25. The highest BCUT2D eigenvalue weighted by Crippen LogP contribution is 2.33. The van der Waals surface area contributed by atoms with Crippen molar-refractivity contribution in [3.63, 3.8) is 0 Å². The molecule has 1 aromatic carbocycles. The number of esters is 1. The Labute approximate surface area is 176 Å². The summed E-state index contributed by atoms with van der Waals surface area (Å²) in [6.07, 6.45) is 2.27. The lowest BCUT2D eigenvalue weighted by Crippen LogP contribution is -2.34. The first-order valence-electron chi connectivity index (χ1n) is 9.22. The topological polar surface area (TPSA) is 114 Å². The van der Waals surface area contributed by atoms with Gasteiger partial charge in [-0.05, 0) is 29.8 Å². The van der Waals surface area contributed by atoms with Crippen molar-refractivity contribution in [2.24, 2.45) is 10.2 Å². The van der Waals surface area contributed by atoms with E-state index in [9.17, 15) is 14.4 Å². The second-order valence-corrected chi connectivity index (χ2v) is 7.13. The van der Waals surface area contributed by atoms with Gasteiger partial charge in [-0.1, -0.05) is 23.7 Å². The highest BCUT2D eigenvalue weighted by atomic mass is 35.5. The Hall–Kier alpha value is -3.46. The van der Waals surface area contributed by atoms with Gasteiger partial charge in [-0.3, -0.25) is 9.59 Å². The zero-order valence-electron chi connectivity index (χ0n) is 15.7. The number of carbonyl (C=O) groups is 3. The van der Waals surface area contributed by atoms with Gasteiger partial charge < -0.3 is 9.15 Å². The number of hydrogen-bond acceptors (Lipinski definition) is 7. The van der Waals surface area contributed by atoms with Crippen LogP contribution in [-0.2, 0) is 19.1 Å². The lowest BCUT2D eigenvalue weighted by Gasteiger charge is -2.20. The van der Waals surface area contributed by atoms with Gasteiger partial charge in [-0.2, -0.15) is 10.2 Å². The molecular weight excluding hydrogens is 412 g/mol. The fourth-order valence-corrected chi connectivity index (χ4v) is 3.28. The Balaban J connectivity index is 1.48. The normalized spacial score (nSPS) is 18.5. The maximum Gasteiger partial charge on any atom is 0.355 e. The molecule has 1 aromatic heterocycles. The highest BCUT2D eigenvalue weighted by Gasteiger charge is 2.35. The fourth-order valence-electron chi connectivity index (χ4n) is 3.16. The number of halogens is 1. The minimum Gasteiger partial charge on any atom is -0.467 e. The molecule has 0 bridgehead atoms. The molecule has 154 valence electrons. The van der Waals surface area contributed by atoms with E-state index in [0.717, 1.165) is 5.56 Å². The smallest absolute Gasteiger partial charge is 0.355 e. The molecule has 0 fully saturated rings. The van der Waals surface area contributed by atoms with Crippen LogP contribution in [0.4, 0.5) is 0 Å². The molecule has 2 aromatic rings. The summed E-state index contributed by atoms with van der Waals surface area (Å²) in [5.74, 6) is -0.958. The van der Waals surface area contributed by atoms with Crippen molar-refractivity contribution in [1.29, 1.82) is 0 Å². The first-order valence-corrected chi connectivity index (χ1v) is 9.60. The number of hydrogen-bond donors (Lipinski definition) is 1. The molecule has 2 aliphatic rings. The molecule has 2 amide bonds. The van der Waals surface area contributed by atoms with Gasteiger partial charge in [-0.25, -0.2) is 15.2 Å². The summed E-state index contributed by atoms with van der Waals surface area (Å²) in [6, 6.07) is 10.2. The predicted octanol–water partition coefficient (Wildman–Crippen LogP) is 2.42. The number of benzene rings is 1. The Morgan fingerprint density at radius 3 is 2.70 bits per heavy atom. The first-order chi connectivity index (χ1) is 14.5. The van der Waals surface area contributed by atoms with E-state index in [-0.39, 0.29) is 24.5 Å². The molecule has 9 nitrogen and oxygen atoms in total. The van der Waals surface area contributed by atoms with Crippen LogP contribution in [0.25, 0.3) is 0 Å². The van der Waals surface area contributed by atoms with Gasteiger partial charge in [0.05, 0.1) is 12.0 Å². The fraction of sp³-hybridized carbons (Fsp3) is 0.250. The number of carbonyl (C=O) groups excluding carboxylic acids is 3. The Morgan fingerprint density at radius 2 is 2.03 bits per heavy atom. The predicted molar refractivity (Wildman–Crippen MR) is 107 cm³/mol. The van der Waals surface area contributed by atoms with Gasteiger partial charge in [0.25, 0.3) is 5.91 Å². The van der Waals surface area contributed by atoms with E-state index >= 15 is 0 Å². The van der Waals surface area contributed by atoms with Gasteiger partial charge in [-0.15, -0.1) is 0 Å². The third-order valence-corrected chi connectivity index (χ3v) is 4.93. The van der Waals surface area contributed by atoms with Crippen LogP contribution in [0.2, 0.25) is 5.02 Å². The number of furan rings is 1. The summed E-state index contributed by atoms with van der Waals surface area (Å²) in [4.78, 5) is 36.0. The van der Waals surface area contributed by atoms with Crippen LogP contribution in [-0.4, -0.2) is 40.8 Å². The average Bonchev–Trinajstić information content (AvgIpc) is 3.43. The van der Waals surface area contributed by atoms with Crippen molar-refractivity contribution in [3.05, 3.63) is 59.0 Å². The molecule has 0 aliphatic carbocycles. The lowest BCUT2D eigenvalue weighted by atomic mass is 10.0. The van der Waals surface area contributed by atoms with Crippen molar-refractivity contribution >= 4 is 40.8 Å². The van der Waals surface area contributed by atoms with E-state index in [1.807, 2.05) is 12.1 Å². The number of amides is 2. The van der Waals surface area contributed by atoms with Gasteiger partial charge in [0.15, 0.2) is 6.61 Å². The molecule has 0 saturated heterocycles. The van der Waals surface area contributed by atoms with Gasteiger partial charge in [0.1, 0.15) is 17.5 Å². The monoisotopic (exact) mass is 428 g/mol. The van der Waals surface area contributed by atoms with E-state index < -0.39 is 24.5 Å². The van der Waals surface area contributed by atoms with Crippen molar-refractivity contribution < 1.29 is 23.5 Å². The van der Waals surface area contributed by atoms with Gasteiger partial charge in [0, 0.05) is 24.3 Å².